The van der Waals surface area contributed by atoms with E-state index < -0.39 is 18.3 Å². The predicted octanol–water partition coefficient (Wildman–Crippen LogP) is 1.98. The summed E-state index contributed by atoms with van der Waals surface area (Å²) in [6.45, 7) is 0.401. The average Bonchev–Trinajstić information content (AvgIpc) is 2.43. The van der Waals surface area contributed by atoms with Gasteiger partial charge in [0.2, 0.25) is 0 Å². The second-order valence-corrected chi connectivity index (χ2v) is 5.20. The highest BCUT2D eigenvalue weighted by Gasteiger charge is 2.31. The summed E-state index contributed by atoms with van der Waals surface area (Å²) < 4.78 is 14.1. The Morgan fingerprint density at radius 2 is 2.33 bits per heavy atom. The summed E-state index contributed by atoms with van der Waals surface area (Å²) in [5.74, 6) is 0. The van der Waals surface area contributed by atoms with E-state index >= 15 is 0 Å². The van der Waals surface area contributed by atoms with Crippen LogP contribution in [0.2, 0.25) is 5.02 Å². The van der Waals surface area contributed by atoms with Gasteiger partial charge in [0, 0.05) is 6.54 Å². The van der Waals surface area contributed by atoms with Gasteiger partial charge in [0.05, 0.1) is 40.6 Å². The van der Waals surface area contributed by atoms with Gasteiger partial charge in [0.15, 0.2) is 0 Å². The number of hydrogen-bond donors (Lipinski definition) is 3. The first-order valence-corrected chi connectivity index (χ1v) is 6.67. The molecule has 0 bridgehead atoms. The molecule has 1 fully saturated rings. The van der Waals surface area contributed by atoms with Crippen LogP contribution in [0.15, 0.2) is 12.1 Å². The second-order valence-electron chi connectivity index (χ2n) is 4.82. The number of amides is 1. The van der Waals surface area contributed by atoms with Crippen LogP contribution in [0.1, 0.15) is 12.0 Å². The molecule has 6 nitrogen and oxygen atoms in total. The van der Waals surface area contributed by atoms with Crippen molar-refractivity contribution < 1.29 is 14.3 Å². The highest BCUT2D eigenvalue weighted by Crippen LogP contribution is 2.34. The number of alkyl halides is 1. The number of hydrogen-bond acceptors (Lipinski definition) is 4. The molecule has 21 heavy (non-hydrogen) atoms. The summed E-state index contributed by atoms with van der Waals surface area (Å²) >= 11 is 6.12. The van der Waals surface area contributed by atoms with E-state index in [9.17, 15) is 9.18 Å². The van der Waals surface area contributed by atoms with E-state index in [1.807, 2.05) is 6.07 Å². The smallest absolute Gasteiger partial charge is 0.404 e. The largest absolute Gasteiger partial charge is 0.465 e. The average molecular weight is 313 g/mol. The van der Waals surface area contributed by atoms with Gasteiger partial charge in [0.1, 0.15) is 6.17 Å². The Labute approximate surface area is 125 Å². The van der Waals surface area contributed by atoms with Crippen LogP contribution in [0.25, 0.3) is 0 Å². The fourth-order valence-corrected chi connectivity index (χ4v) is 2.60. The van der Waals surface area contributed by atoms with Crippen LogP contribution in [-0.2, 0) is 0 Å². The van der Waals surface area contributed by atoms with Crippen LogP contribution >= 0.6 is 11.6 Å². The first kappa shape index (κ1) is 15.2. The standard InChI is InChI=1S/C13H14ClFN4O2/c14-12-9(17)3-7(5-16)4-11(12)19-2-1-10(8(15)6-19)18-13(20)21/h3-4,8,10,18H,1-2,6,17H2,(H,20,21)/t8-,10+/m1/s1. The lowest BCUT2D eigenvalue weighted by Crippen LogP contribution is -2.52. The fraction of sp³-hybridized carbons (Fsp3) is 0.385. The summed E-state index contributed by atoms with van der Waals surface area (Å²) in [5, 5.41) is 20.0. The molecule has 0 aliphatic carbocycles. The van der Waals surface area contributed by atoms with Crippen molar-refractivity contribution in [3.8, 4) is 6.07 Å². The van der Waals surface area contributed by atoms with E-state index in [2.05, 4.69) is 5.32 Å². The number of nitrogens with zero attached hydrogens (tertiary/aromatic N) is 2. The Balaban J connectivity index is 2.20. The molecule has 0 unspecified atom stereocenters. The molecule has 2 rings (SSSR count). The molecule has 1 aliphatic heterocycles. The number of nitrogens with two attached hydrogens (primary N) is 1. The van der Waals surface area contributed by atoms with Crippen LogP contribution in [0, 0.1) is 11.3 Å². The monoisotopic (exact) mass is 312 g/mol. The Bertz CT molecular complexity index is 605. The minimum atomic E-state index is -1.36. The number of piperidine rings is 1. The van der Waals surface area contributed by atoms with E-state index in [4.69, 9.17) is 27.7 Å². The van der Waals surface area contributed by atoms with Crippen LogP contribution in [0.5, 0.6) is 0 Å². The fourth-order valence-electron chi connectivity index (χ4n) is 2.37. The second kappa shape index (κ2) is 6.06. The lowest BCUT2D eigenvalue weighted by Gasteiger charge is -2.36. The van der Waals surface area contributed by atoms with Gasteiger partial charge in [-0.05, 0) is 18.6 Å². The van der Waals surface area contributed by atoms with E-state index in [0.717, 1.165) is 0 Å². The van der Waals surface area contributed by atoms with Crippen LogP contribution < -0.4 is 16.0 Å². The van der Waals surface area contributed by atoms with Crippen molar-refractivity contribution in [2.45, 2.75) is 18.6 Å². The van der Waals surface area contributed by atoms with Gasteiger partial charge in [-0.25, -0.2) is 9.18 Å². The van der Waals surface area contributed by atoms with Crippen molar-refractivity contribution >= 4 is 29.1 Å². The highest BCUT2D eigenvalue weighted by atomic mass is 35.5. The van der Waals surface area contributed by atoms with Crippen LogP contribution in [-0.4, -0.2) is 36.5 Å². The molecule has 0 aromatic heterocycles. The molecule has 1 saturated heterocycles. The third-order valence-corrected chi connectivity index (χ3v) is 3.81. The molecule has 0 saturated carbocycles. The Kier molecular flexibility index (Phi) is 4.38. The number of anilines is 2. The predicted molar refractivity (Wildman–Crippen MR) is 77.3 cm³/mol. The van der Waals surface area contributed by atoms with Crippen molar-refractivity contribution in [1.82, 2.24) is 5.32 Å². The zero-order chi connectivity index (χ0) is 15.6. The minimum absolute atomic E-state index is 0.0149. The SMILES string of the molecule is N#Cc1cc(N)c(Cl)c(N2CC[C@H](NC(=O)O)[C@H](F)C2)c1. The topological polar surface area (TPSA) is 102 Å². The van der Waals surface area contributed by atoms with Gasteiger partial charge >= 0.3 is 6.09 Å². The third kappa shape index (κ3) is 3.28. The molecule has 112 valence electrons. The molecule has 2 atom stereocenters. The number of carbonyl (C=O) groups is 1. The molecule has 1 heterocycles. The minimum Gasteiger partial charge on any atom is -0.465 e. The van der Waals surface area contributed by atoms with Gasteiger partial charge in [-0.1, -0.05) is 11.6 Å². The molecule has 0 spiro atoms. The first-order chi connectivity index (χ1) is 9.92. The van der Waals surface area contributed by atoms with Gasteiger partial charge in [-0.15, -0.1) is 0 Å². The summed E-state index contributed by atoms with van der Waals surface area (Å²) in [6.07, 6.45) is -2.30. The van der Waals surface area contributed by atoms with Crippen LogP contribution in [0.3, 0.4) is 0 Å². The summed E-state index contributed by atoms with van der Waals surface area (Å²) in [4.78, 5) is 12.3. The molecular weight excluding hydrogens is 299 g/mol. The molecule has 1 aromatic carbocycles. The normalized spacial score (nSPS) is 21.7. The van der Waals surface area contributed by atoms with Crippen LogP contribution in [0.4, 0.5) is 20.6 Å². The molecule has 1 aliphatic rings. The van der Waals surface area contributed by atoms with E-state index in [1.165, 1.54) is 6.07 Å². The number of rotatable bonds is 2. The zero-order valence-corrected chi connectivity index (χ0v) is 11.8. The number of halogens is 2. The van der Waals surface area contributed by atoms with E-state index in [1.54, 1.807) is 11.0 Å². The molecule has 4 N–H and O–H groups in total. The van der Waals surface area contributed by atoms with Crippen molar-refractivity contribution in [3.63, 3.8) is 0 Å². The zero-order valence-electron chi connectivity index (χ0n) is 11.0. The summed E-state index contributed by atoms with van der Waals surface area (Å²) in [7, 11) is 0. The molecule has 8 heteroatoms. The third-order valence-electron chi connectivity index (χ3n) is 3.40. The summed E-state index contributed by atoms with van der Waals surface area (Å²) in [6, 6.07) is 4.24. The molecular formula is C13H14ClFN4O2. The van der Waals surface area contributed by atoms with Crippen molar-refractivity contribution in [3.05, 3.63) is 22.7 Å². The Morgan fingerprint density at radius 1 is 1.62 bits per heavy atom. The van der Waals surface area contributed by atoms with Gasteiger partial charge < -0.3 is 21.1 Å². The maximum atomic E-state index is 14.1. The Hall–Kier alpha value is -2.20. The number of carboxylic acid groups (broad SMARTS) is 1. The lowest BCUT2D eigenvalue weighted by molar-refractivity contribution is 0.168. The Morgan fingerprint density at radius 3 is 2.90 bits per heavy atom. The number of nitrogens with one attached hydrogen (secondary N) is 1. The maximum Gasteiger partial charge on any atom is 0.404 e. The summed E-state index contributed by atoms with van der Waals surface area (Å²) in [5.41, 5.74) is 6.83. The number of nitriles is 1. The maximum absolute atomic E-state index is 14.1. The van der Waals surface area contributed by atoms with Gasteiger partial charge in [-0.3, -0.25) is 0 Å². The highest BCUT2D eigenvalue weighted by molar-refractivity contribution is 6.35. The van der Waals surface area contributed by atoms with Crippen molar-refractivity contribution in [2.75, 3.05) is 23.7 Å². The van der Waals surface area contributed by atoms with Crippen molar-refractivity contribution in [2.24, 2.45) is 0 Å². The van der Waals surface area contributed by atoms with Crippen molar-refractivity contribution in [1.29, 1.82) is 5.26 Å². The van der Waals surface area contributed by atoms with Gasteiger partial charge in [-0.2, -0.15) is 5.26 Å². The number of benzene rings is 1. The molecule has 1 amide bonds. The molecule has 1 aromatic rings. The van der Waals surface area contributed by atoms with Gasteiger partial charge in [0.25, 0.3) is 0 Å². The molecule has 0 radical (unpaired) electrons. The lowest BCUT2D eigenvalue weighted by atomic mass is 10.0. The number of nitrogen functional groups attached to an aromatic ring is 1. The van der Waals surface area contributed by atoms with E-state index in [-0.39, 0.29) is 17.3 Å². The van der Waals surface area contributed by atoms with E-state index in [0.29, 0.717) is 24.2 Å². The first-order valence-electron chi connectivity index (χ1n) is 6.30. The quantitative estimate of drug-likeness (QED) is 0.725.